The molecule has 0 saturated heterocycles. The summed E-state index contributed by atoms with van der Waals surface area (Å²) in [5.74, 6) is 2.09. The van der Waals surface area contributed by atoms with Gasteiger partial charge in [0.25, 0.3) is 0 Å². The summed E-state index contributed by atoms with van der Waals surface area (Å²) in [6.07, 6.45) is 3.56. The smallest absolute Gasteiger partial charge is 0.204 e. The predicted molar refractivity (Wildman–Crippen MR) is 98.1 cm³/mol. The molecule has 1 atom stereocenters. The number of imidazole rings is 1. The first kappa shape index (κ1) is 16.1. The molecular weight excluding hydrogens is 326 g/mol. The summed E-state index contributed by atoms with van der Waals surface area (Å²) in [7, 11) is 0. The topological polar surface area (TPSA) is 96.0 Å². The van der Waals surface area contributed by atoms with Crippen LogP contribution in [0.3, 0.4) is 0 Å². The van der Waals surface area contributed by atoms with E-state index in [4.69, 9.17) is 0 Å². The molecule has 0 saturated carbocycles. The number of hydrogen-bond donors (Lipinski definition) is 2. The van der Waals surface area contributed by atoms with Crippen molar-refractivity contribution in [2.75, 3.05) is 0 Å². The highest BCUT2D eigenvalue weighted by Crippen LogP contribution is 2.31. The van der Waals surface area contributed by atoms with Gasteiger partial charge in [0.1, 0.15) is 5.82 Å². The number of rotatable bonds is 5. The maximum absolute atomic E-state index is 4.64. The third-order valence-electron chi connectivity index (χ3n) is 4.35. The Balaban J connectivity index is 1.69. The predicted octanol–water partition coefficient (Wildman–Crippen LogP) is 3.44. The number of hydrogen-bond acceptors (Lipinski definition) is 5. The molecule has 0 amide bonds. The fraction of sp³-hybridized carbons (Fsp3) is 0.211. The standard InChI is InChI=1S/C19H19N7/c1-12(2)17(13-6-4-3-5-7-13)19-21-11-16(22-19)15-10-14(8-9-20-15)18-23-25-26-24-18/h3-12,17H,1-2H3,(H,21,22)(H,23,24,25,26). The number of aromatic amines is 2. The van der Waals surface area contributed by atoms with Crippen molar-refractivity contribution in [3.05, 3.63) is 66.2 Å². The minimum Gasteiger partial charge on any atom is -0.340 e. The Bertz CT molecular complexity index is 974. The first-order chi connectivity index (χ1) is 12.7. The van der Waals surface area contributed by atoms with Gasteiger partial charge in [0.15, 0.2) is 0 Å². The molecule has 130 valence electrons. The van der Waals surface area contributed by atoms with Crippen LogP contribution in [0.5, 0.6) is 0 Å². The zero-order valence-electron chi connectivity index (χ0n) is 14.6. The highest BCUT2D eigenvalue weighted by atomic mass is 15.5. The van der Waals surface area contributed by atoms with E-state index in [0.29, 0.717) is 11.7 Å². The third kappa shape index (κ3) is 3.11. The zero-order chi connectivity index (χ0) is 17.9. The van der Waals surface area contributed by atoms with Crippen LogP contribution in [0.15, 0.2) is 54.9 Å². The van der Waals surface area contributed by atoms with Crippen LogP contribution in [0, 0.1) is 5.92 Å². The Morgan fingerprint density at radius 3 is 2.58 bits per heavy atom. The molecule has 4 aromatic rings. The second-order valence-corrected chi connectivity index (χ2v) is 6.48. The zero-order valence-corrected chi connectivity index (χ0v) is 14.6. The van der Waals surface area contributed by atoms with E-state index in [1.807, 2.05) is 24.4 Å². The van der Waals surface area contributed by atoms with Gasteiger partial charge in [0.2, 0.25) is 5.82 Å². The lowest BCUT2D eigenvalue weighted by Gasteiger charge is -2.19. The third-order valence-corrected chi connectivity index (χ3v) is 4.35. The molecule has 3 aromatic heterocycles. The molecule has 1 unspecified atom stereocenters. The fourth-order valence-electron chi connectivity index (χ4n) is 3.14. The van der Waals surface area contributed by atoms with Gasteiger partial charge in [0, 0.05) is 17.7 Å². The summed E-state index contributed by atoms with van der Waals surface area (Å²) in [6.45, 7) is 4.41. The van der Waals surface area contributed by atoms with Crippen molar-refractivity contribution in [3.8, 4) is 22.8 Å². The molecule has 0 aliphatic rings. The van der Waals surface area contributed by atoms with Crippen LogP contribution in [0.1, 0.15) is 31.2 Å². The largest absolute Gasteiger partial charge is 0.340 e. The molecule has 0 aliphatic heterocycles. The van der Waals surface area contributed by atoms with Crippen LogP contribution >= 0.6 is 0 Å². The SMILES string of the molecule is CC(C)C(c1ccccc1)c1ncc(-c2cc(-c3nn[nH]n3)ccn2)[nH]1. The molecule has 3 heterocycles. The molecule has 4 rings (SSSR count). The van der Waals surface area contributed by atoms with Gasteiger partial charge in [-0.3, -0.25) is 4.98 Å². The molecule has 0 radical (unpaired) electrons. The summed E-state index contributed by atoms with van der Waals surface area (Å²) in [5.41, 5.74) is 3.76. The van der Waals surface area contributed by atoms with Gasteiger partial charge in [-0.1, -0.05) is 44.2 Å². The van der Waals surface area contributed by atoms with Crippen molar-refractivity contribution in [1.29, 1.82) is 0 Å². The Labute approximate surface area is 150 Å². The second-order valence-electron chi connectivity index (χ2n) is 6.48. The Hall–Kier alpha value is -3.35. The van der Waals surface area contributed by atoms with Crippen molar-refractivity contribution in [3.63, 3.8) is 0 Å². The number of pyridine rings is 1. The minimum atomic E-state index is 0.199. The maximum atomic E-state index is 4.64. The van der Waals surface area contributed by atoms with Crippen molar-refractivity contribution in [2.45, 2.75) is 19.8 Å². The molecule has 0 bridgehead atoms. The highest BCUT2D eigenvalue weighted by molar-refractivity contribution is 5.63. The molecule has 2 N–H and O–H groups in total. The summed E-state index contributed by atoms with van der Waals surface area (Å²) >= 11 is 0. The molecule has 0 fully saturated rings. The second kappa shape index (κ2) is 6.87. The molecule has 0 aliphatic carbocycles. The first-order valence-electron chi connectivity index (χ1n) is 8.52. The van der Waals surface area contributed by atoms with Crippen LogP contribution in [0.25, 0.3) is 22.8 Å². The van der Waals surface area contributed by atoms with Gasteiger partial charge in [-0.2, -0.15) is 5.21 Å². The van der Waals surface area contributed by atoms with Crippen molar-refractivity contribution >= 4 is 0 Å². The van der Waals surface area contributed by atoms with E-state index in [0.717, 1.165) is 22.8 Å². The average Bonchev–Trinajstić information content (AvgIpc) is 3.35. The monoisotopic (exact) mass is 345 g/mol. The normalized spacial score (nSPS) is 12.4. The van der Waals surface area contributed by atoms with E-state index in [1.54, 1.807) is 6.20 Å². The van der Waals surface area contributed by atoms with E-state index in [2.05, 4.69) is 73.7 Å². The first-order valence-corrected chi connectivity index (χ1v) is 8.52. The number of H-pyrrole nitrogens is 2. The van der Waals surface area contributed by atoms with Gasteiger partial charge < -0.3 is 4.98 Å². The fourth-order valence-corrected chi connectivity index (χ4v) is 3.14. The quantitative estimate of drug-likeness (QED) is 0.577. The van der Waals surface area contributed by atoms with Gasteiger partial charge in [0.05, 0.1) is 17.6 Å². The number of aromatic nitrogens is 7. The summed E-state index contributed by atoms with van der Waals surface area (Å²) in [6, 6.07) is 14.2. The molecule has 1 aromatic carbocycles. The lowest BCUT2D eigenvalue weighted by Crippen LogP contribution is -2.10. The summed E-state index contributed by atoms with van der Waals surface area (Å²) in [4.78, 5) is 12.5. The lowest BCUT2D eigenvalue weighted by molar-refractivity contribution is 0.543. The number of tetrazole rings is 1. The van der Waals surface area contributed by atoms with E-state index in [-0.39, 0.29) is 5.92 Å². The van der Waals surface area contributed by atoms with Crippen molar-refractivity contribution < 1.29 is 0 Å². The van der Waals surface area contributed by atoms with Gasteiger partial charge >= 0.3 is 0 Å². The minimum absolute atomic E-state index is 0.199. The van der Waals surface area contributed by atoms with Crippen molar-refractivity contribution in [2.24, 2.45) is 5.92 Å². The lowest BCUT2D eigenvalue weighted by atomic mass is 9.88. The molecule has 7 heteroatoms. The summed E-state index contributed by atoms with van der Waals surface area (Å²) in [5, 5.41) is 14.1. The van der Waals surface area contributed by atoms with Crippen LogP contribution < -0.4 is 0 Å². The average molecular weight is 345 g/mol. The van der Waals surface area contributed by atoms with E-state index in [9.17, 15) is 0 Å². The number of benzene rings is 1. The molecule has 0 spiro atoms. The molecule has 26 heavy (non-hydrogen) atoms. The van der Waals surface area contributed by atoms with Crippen LogP contribution in [0.2, 0.25) is 0 Å². The summed E-state index contributed by atoms with van der Waals surface area (Å²) < 4.78 is 0. The molecular formula is C19H19N7. The van der Waals surface area contributed by atoms with Crippen LogP contribution in [-0.4, -0.2) is 35.6 Å². The molecule has 7 nitrogen and oxygen atoms in total. The van der Waals surface area contributed by atoms with E-state index < -0.39 is 0 Å². The van der Waals surface area contributed by atoms with Gasteiger partial charge in [-0.15, -0.1) is 10.2 Å². The maximum Gasteiger partial charge on any atom is 0.204 e. The van der Waals surface area contributed by atoms with Crippen LogP contribution in [-0.2, 0) is 0 Å². The number of nitrogens with zero attached hydrogens (tertiary/aromatic N) is 5. The van der Waals surface area contributed by atoms with Gasteiger partial charge in [-0.05, 0) is 28.8 Å². The van der Waals surface area contributed by atoms with E-state index >= 15 is 0 Å². The Kier molecular flexibility index (Phi) is 4.27. The van der Waals surface area contributed by atoms with Crippen LogP contribution in [0.4, 0.5) is 0 Å². The Morgan fingerprint density at radius 1 is 1.00 bits per heavy atom. The van der Waals surface area contributed by atoms with Crippen molar-refractivity contribution in [1.82, 2.24) is 35.6 Å². The van der Waals surface area contributed by atoms with E-state index in [1.165, 1.54) is 5.56 Å². The highest BCUT2D eigenvalue weighted by Gasteiger charge is 2.21. The number of nitrogens with one attached hydrogen (secondary N) is 2. The Morgan fingerprint density at radius 2 is 1.85 bits per heavy atom. The van der Waals surface area contributed by atoms with Gasteiger partial charge in [-0.25, -0.2) is 4.98 Å².